The van der Waals surface area contributed by atoms with E-state index >= 15 is 0 Å². The van der Waals surface area contributed by atoms with E-state index in [1.54, 1.807) is 18.2 Å². The lowest BCUT2D eigenvalue weighted by molar-refractivity contribution is 0.0688. The normalized spacial score (nSPS) is 10.4. The summed E-state index contributed by atoms with van der Waals surface area (Å²) in [6.07, 6.45) is 0. The molecule has 2 aromatic rings. The summed E-state index contributed by atoms with van der Waals surface area (Å²) in [6.45, 7) is 0. The second-order valence-corrected chi connectivity index (χ2v) is 2.67. The molecule has 5 heteroatoms. The highest BCUT2D eigenvalue weighted by Gasteiger charge is 2.16. The third-order valence-corrected chi connectivity index (χ3v) is 1.88. The zero-order valence-corrected chi connectivity index (χ0v) is 7.35. The Bertz CT molecular complexity index is 489. The lowest BCUT2D eigenvalue weighted by Gasteiger charge is -1.97. The Morgan fingerprint density at radius 2 is 2.36 bits per heavy atom. The van der Waals surface area contributed by atoms with Crippen molar-refractivity contribution in [3.05, 3.63) is 23.9 Å². The fourth-order valence-electron chi connectivity index (χ4n) is 1.25. The lowest BCUT2D eigenvalue weighted by Crippen LogP contribution is -1.96. The minimum absolute atomic E-state index is 0.0982. The molecule has 0 amide bonds. The van der Waals surface area contributed by atoms with Gasteiger partial charge in [0.15, 0.2) is 11.4 Å². The number of methoxy groups -OCH3 is 1. The first kappa shape index (κ1) is 8.55. The molecule has 0 saturated heterocycles. The van der Waals surface area contributed by atoms with Crippen molar-refractivity contribution in [1.82, 2.24) is 5.16 Å². The van der Waals surface area contributed by atoms with Gasteiger partial charge in [-0.05, 0) is 12.1 Å². The number of hydrogen-bond donors (Lipinski definition) is 1. The van der Waals surface area contributed by atoms with Gasteiger partial charge in [-0.2, -0.15) is 0 Å². The van der Waals surface area contributed by atoms with E-state index in [-0.39, 0.29) is 5.69 Å². The van der Waals surface area contributed by atoms with E-state index in [9.17, 15) is 4.79 Å². The van der Waals surface area contributed by atoms with Crippen LogP contribution in [0, 0.1) is 0 Å². The standard InChI is InChI=1S/C9H7NO4/c1-13-6-4-2-3-5-7(9(11)12)10-14-8(5)6/h2-4H,1H3,(H,11,12). The topological polar surface area (TPSA) is 72.6 Å². The molecule has 0 aliphatic heterocycles. The minimum Gasteiger partial charge on any atom is -0.493 e. The van der Waals surface area contributed by atoms with Crippen LogP contribution >= 0.6 is 0 Å². The Morgan fingerprint density at radius 3 is 3.00 bits per heavy atom. The quantitative estimate of drug-likeness (QED) is 0.782. The molecule has 0 bridgehead atoms. The largest absolute Gasteiger partial charge is 0.493 e. The molecule has 0 aliphatic rings. The van der Waals surface area contributed by atoms with Crippen LogP contribution in [0.25, 0.3) is 11.0 Å². The summed E-state index contributed by atoms with van der Waals surface area (Å²) in [5, 5.41) is 12.7. The number of rotatable bonds is 2. The summed E-state index contributed by atoms with van der Waals surface area (Å²) >= 11 is 0. The predicted octanol–water partition coefficient (Wildman–Crippen LogP) is 1.53. The maximum atomic E-state index is 10.7. The van der Waals surface area contributed by atoms with Gasteiger partial charge in [-0.15, -0.1) is 0 Å². The van der Waals surface area contributed by atoms with E-state index in [4.69, 9.17) is 14.4 Å². The molecule has 14 heavy (non-hydrogen) atoms. The second-order valence-electron chi connectivity index (χ2n) is 2.67. The highest BCUT2D eigenvalue weighted by molar-refractivity contribution is 6.01. The monoisotopic (exact) mass is 193 g/mol. The van der Waals surface area contributed by atoms with Gasteiger partial charge in [-0.25, -0.2) is 4.79 Å². The molecule has 72 valence electrons. The van der Waals surface area contributed by atoms with Crippen LogP contribution in [0.3, 0.4) is 0 Å². The van der Waals surface area contributed by atoms with E-state index in [2.05, 4.69) is 5.16 Å². The molecule has 0 radical (unpaired) electrons. The molecule has 1 aromatic carbocycles. The van der Waals surface area contributed by atoms with Crippen LogP contribution in [0.1, 0.15) is 10.5 Å². The van der Waals surface area contributed by atoms with Crippen LogP contribution in [-0.2, 0) is 0 Å². The molecule has 0 aliphatic carbocycles. The lowest BCUT2D eigenvalue weighted by atomic mass is 10.2. The van der Waals surface area contributed by atoms with Gasteiger partial charge in [-0.3, -0.25) is 0 Å². The molecular weight excluding hydrogens is 186 g/mol. The van der Waals surface area contributed by atoms with Gasteiger partial charge in [0.05, 0.1) is 12.5 Å². The molecule has 0 unspecified atom stereocenters. The van der Waals surface area contributed by atoms with Gasteiger partial charge < -0.3 is 14.4 Å². The van der Waals surface area contributed by atoms with E-state index in [1.165, 1.54) is 7.11 Å². The van der Waals surface area contributed by atoms with Crippen LogP contribution in [-0.4, -0.2) is 23.3 Å². The van der Waals surface area contributed by atoms with E-state index in [0.29, 0.717) is 16.7 Å². The zero-order chi connectivity index (χ0) is 10.1. The van der Waals surface area contributed by atoms with Crippen molar-refractivity contribution < 1.29 is 19.2 Å². The number of aromatic carboxylic acids is 1. The average molecular weight is 193 g/mol. The molecule has 1 aromatic heterocycles. The first-order valence-corrected chi connectivity index (χ1v) is 3.89. The van der Waals surface area contributed by atoms with Crippen molar-refractivity contribution in [2.24, 2.45) is 0 Å². The number of carboxylic acids is 1. The maximum Gasteiger partial charge on any atom is 0.358 e. The molecule has 0 saturated carbocycles. The fraction of sp³-hybridized carbons (Fsp3) is 0.111. The summed E-state index contributed by atoms with van der Waals surface area (Å²) in [6, 6.07) is 4.99. The molecule has 2 rings (SSSR count). The number of aromatic nitrogens is 1. The fourth-order valence-corrected chi connectivity index (χ4v) is 1.25. The highest BCUT2D eigenvalue weighted by atomic mass is 16.5. The molecule has 0 fully saturated rings. The Kier molecular flexibility index (Phi) is 1.85. The molecule has 0 spiro atoms. The smallest absolute Gasteiger partial charge is 0.358 e. The second kappa shape index (κ2) is 3.02. The summed E-state index contributed by atoms with van der Waals surface area (Å²) in [7, 11) is 1.48. The number of carbonyl (C=O) groups is 1. The first-order valence-electron chi connectivity index (χ1n) is 3.89. The Labute approximate surface area is 78.9 Å². The molecule has 1 N–H and O–H groups in total. The summed E-state index contributed by atoms with van der Waals surface area (Å²) < 4.78 is 9.87. The Balaban J connectivity index is 2.75. The van der Waals surface area contributed by atoms with E-state index in [0.717, 1.165) is 0 Å². The minimum atomic E-state index is -1.11. The SMILES string of the molecule is COc1cccc2c(C(=O)O)noc12. The van der Waals surface area contributed by atoms with Crippen molar-refractivity contribution in [1.29, 1.82) is 0 Å². The number of ether oxygens (including phenoxy) is 1. The third kappa shape index (κ3) is 1.10. The van der Waals surface area contributed by atoms with Crippen LogP contribution in [0.2, 0.25) is 0 Å². The van der Waals surface area contributed by atoms with Crippen LogP contribution in [0.15, 0.2) is 22.7 Å². The molecule has 0 atom stereocenters. The van der Waals surface area contributed by atoms with Crippen LogP contribution in [0.4, 0.5) is 0 Å². The van der Waals surface area contributed by atoms with Crippen molar-refractivity contribution in [2.45, 2.75) is 0 Å². The Morgan fingerprint density at radius 1 is 1.57 bits per heavy atom. The van der Waals surface area contributed by atoms with Crippen molar-refractivity contribution in [3.8, 4) is 5.75 Å². The number of para-hydroxylation sites is 1. The van der Waals surface area contributed by atoms with Gasteiger partial charge in [0.25, 0.3) is 0 Å². The van der Waals surface area contributed by atoms with Crippen molar-refractivity contribution in [3.63, 3.8) is 0 Å². The van der Waals surface area contributed by atoms with Crippen LogP contribution < -0.4 is 4.74 Å². The predicted molar refractivity (Wildman–Crippen MR) is 47.5 cm³/mol. The number of benzene rings is 1. The third-order valence-electron chi connectivity index (χ3n) is 1.88. The highest BCUT2D eigenvalue weighted by Crippen LogP contribution is 2.27. The van der Waals surface area contributed by atoms with Gasteiger partial charge in [-0.1, -0.05) is 11.2 Å². The molecular formula is C9H7NO4. The van der Waals surface area contributed by atoms with Gasteiger partial charge in [0.2, 0.25) is 5.58 Å². The molecule has 5 nitrogen and oxygen atoms in total. The van der Waals surface area contributed by atoms with Crippen LogP contribution in [0.5, 0.6) is 5.75 Å². The van der Waals surface area contributed by atoms with Gasteiger partial charge in [0.1, 0.15) is 0 Å². The zero-order valence-electron chi connectivity index (χ0n) is 7.35. The molecule has 1 heterocycles. The summed E-state index contributed by atoms with van der Waals surface area (Å²) in [4.78, 5) is 10.7. The van der Waals surface area contributed by atoms with Crippen molar-refractivity contribution >= 4 is 16.9 Å². The number of carboxylic acid groups (broad SMARTS) is 1. The van der Waals surface area contributed by atoms with E-state index in [1.807, 2.05) is 0 Å². The van der Waals surface area contributed by atoms with E-state index < -0.39 is 5.97 Å². The van der Waals surface area contributed by atoms with Crippen molar-refractivity contribution in [2.75, 3.05) is 7.11 Å². The number of fused-ring (bicyclic) bond motifs is 1. The van der Waals surface area contributed by atoms with Gasteiger partial charge in [0, 0.05) is 0 Å². The first-order chi connectivity index (χ1) is 6.74. The number of nitrogens with zero attached hydrogens (tertiary/aromatic N) is 1. The van der Waals surface area contributed by atoms with Gasteiger partial charge >= 0.3 is 5.97 Å². The Hall–Kier alpha value is -2.04. The number of hydrogen-bond acceptors (Lipinski definition) is 4. The summed E-state index contributed by atoms with van der Waals surface area (Å²) in [5.41, 5.74) is 0.256. The average Bonchev–Trinajstić information content (AvgIpc) is 2.60. The summed E-state index contributed by atoms with van der Waals surface area (Å²) in [5.74, 6) is -0.639. The maximum absolute atomic E-state index is 10.7.